The molecule has 0 saturated heterocycles. The maximum Gasteiger partial charge on any atom is 0.227 e. The number of fused-ring (bicyclic) bond motifs is 8. The van der Waals surface area contributed by atoms with Gasteiger partial charge < -0.3 is 13.9 Å². The van der Waals surface area contributed by atoms with Gasteiger partial charge in [-0.2, -0.15) is 0 Å². The zero-order valence-electron chi connectivity index (χ0n) is 29.8. The Hall–Kier alpha value is -7.43. The molecule has 0 N–H and O–H groups in total. The summed E-state index contributed by atoms with van der Waals surface area (Å²) < 4.78 is 8.95. The summed E-state index contributed by atoms with van der Waals surface area (Å²) in [5.41, 5.74) is 11.7. The number of hydrogen-bond donors (Lipinski definition) is 0. The molecular weight excluding hydrogens is 671 g/mol. The van der Waals surface area contributed by atoms with Crippen LogP contribution in [0.15, 0.2) is 205 Å². The summed E-state index contributed by atoms with van der Waals surface area (Å²) in [5.74, 6) is 0.626. The predicted molar refractivity (Wildman–Crippen MR) is 229 cm³/mol. The summed E-state index contributed by atoms with van der Waals surface area (Å²) in [6.07, 6.45) is 0. The number of rotatable bonds is 6. The van der Waals surface area contributed by atoms with Gasteiger partial charge in [0.2, 0.25) is 5.89 Å². The van der Waals surface area contributed by atoms with Gasteiger partial charge in [0.25, 0.3) is 0 Å². The van der Waals surface area contributed by atoms with Crippen molar-refractivity contribution in [3.05, 3.63) is 200 Å². The number of para-hydroxylation sites is 3. The van der Waals surface area contributed by atoms with E-state index in [-0.39, 0.29) is 0 Å². The molecule has 0 bridgehead atoms. The standard InChI is InChI=1S/C51H33N3O/c1-4-13-36(14-5-1)51-52-46-30-27-35-24-23-34-25-28-42(33-45(34)49(35)50(46)55-51)53(39-16-6-2-7-17-39)41-20-12-15-37(31-41)38-26-29-44-43-21-10-11-22-47(43)54(48(44)32-38)40-18-8-3-9-19-40/h1-33H. The van der Waals surface area contributed by atoms with Crippen molar-refractivity contribution in [1.29, 1.82) is 0 Å². The number of benzene rings is 9. The summed E-state index contributed by atoms with van der Waals surface area (Å²) in [6.45, 7) is 0. The fourth-order valence-electron chi connectivity index (χ4n) is 8.21. The lowest BCUT2D eigenvalue weighted by atomic mass is 9.99. The van der Waals surface area contributed by atoms with Gasteiger partial charge in [0, 0.05) is 44.5 Å². The SMILES string of the molecule is c1ccc(-c2nc3ccc4ccc5ccc(N(c6ccccc6)c6cccc(-c7ccc8c9ccccc9n(-c9ccccc9)c8c7)c6)cc5c4c3o2)cc1. The molecule has 258 valence electrons. The molecular formula is C51H33N3O. The number of anilines is 3. The van der Waals surface area contributed by atoms with Crippen LogP contribution in [-0.2, 0) is 0 Å². The lowest BCUT2D eigenvalue weighted by molar-refractivity contribution is 0.623. The lowest BCUT2D eigenvalue weighted by Gasteiger charge is -2.26. The minimum atomic E-state index is 0.626. The van der Waals surface area contributed by atoms with Gasteiger partial charge >= 0.3 is 0 Å². The first kappa shape index (κ1) is 31.1. The van der Waals surface area contributed by atoms with Crippen LogP contribution in [0, 0.1) is 0 Å². The van der Waals surface area contributed by atoms with Crippen molar-refractivity contribution in [2.45, 2.75) is 0 Å². The molecule has 11 rings (SSSR count). The van der Waals surface area contributed by atoms with Gasteiger partial charge in [0.15, 0.2) is 5.58 Å². The third-order valence-electron chi connectivity index (χ3n) is 10.8. The zero-order chi connectivity index (χ0) is 36.3. The van der Waals surface area contributed by atoms with E-state index < -0.39 is 0 Å². The van der Waals surface area contributed by atoms with E-state index in [0.717, 1.165) is 72.1 Å². The average molecular weight is 704 g/mol. The molecule has 0 aliphatic rings. The molecule has 0 aliphatic heterocycles. The molecule has 0 saturated carbocycles. The maximum absolute atomic E-state index is 6.57. The highest BCUT2D eigenvalue weighted by Crippen LogP contribution is 2.42. The van der Waals surface area contributed by atoms with E-state index in [1.807, 2.05) is 30.3 Å². The van der Waals surface area contributed by atoms with E-state index in [1.54, 1.807) is 0 Å². The molecule has 2 heterocycles. The third kappa shape index (κ3) is 5.19. The summed E-state index contributed by atoms with van der Waals surface area (Å²) >= 11 is 0. The monoisotopic (exact) mass is 703 g/mol. The predicted octanol–water partition coefficient (Wildman–Crippen LogP) is 14.0. The highest BCUT2D eigenvalue weighted by atomic mass is 16.3. The molecule has 0 fully saturated rings. The summed E-state index contributed by atoms with van der Waals surface area (Å²) in [5, 5.41) is 6.93. The molecule has 11 aromatic rings. The molecule has 0 aliphatic carbocycles. The smallest absolute Gasteiger partial charge is 0.227 e. The van der Waals surface area contributed by atoms with Crippen LogP contribution in [-0.4, -0.2) is 9.55 Å². The van der Waals surface area contributed by atoms with Gasteiger partial charge in [-0.3, -0.25) is 0 Å². The van der Waals surface area contributed by atoms with Crippen molar-refractivity contribution >= 4 is 71.5 Å². The maximum atomic E-state index is 6.57. The van der Waals surface area contributed by atoms with Gasteiger partial charge in [-0.15, -0.1) is 0 Å². The molecule has 4 heteroatoms. The van der Waals surface area contributed by atoms with Crippen LogP contribution in [0.4, 0.5) is 17.1 Å². The second kappa shape index (κ2) is 12.6. The van der Waals surface area contributed by atoms with E-state index in [4.69, 9.17) is 9.40 Å². The van der Waals surface area contributed by atoms with Gasteiger partial charge in [-0.1, -0.05) is 121 Å². The summed E-state index contributed by atoms with van der Waals surface area (Å²) in [4.78, 5) is 7.25. The molecule has 9 aromatic carbocycles. The normalized spacial score (nSPS) is 11.6. The van der Waals surface area contributed by atoms with Crippen molar-refractivity contribution in [1.82, 2.24) is 9.55 Å². The Labute approximate surface area is 317 Å². The average Bonchev–Trinajstić information content (AvgIpc) is 3.84. The fraction of sp³-hybridized carbons (Fsp3) is 0. The van der Waals surface area contributed by atoms with Crippen molar-refractivity contribution in [2.24, 2.45) is 0 Å². The molecule has 0 unspecified atom stereocenters. The number of oxazole rings is 1. The Bertz CT molecular complexity index is 3200. The van der Waals surface area contributed by atoms with Gasteiger partial charge in [0.05, 0.1) is 11.0 Å². The molecule has 0 spiro atoms. The van der Waals surface area contributed by atoms with Crippen molar-refractivity contribution in [2.75, 3.05) is 4.90 Å². The van der Waals surface area contributed by atoms with Crippen LogP contribution in [0.5, 0.6) is 0 Å². The van der Waals surface area contributed by atoms with E-state index in [9.17, 15) is 0 Å². The quantitative estimate of drug-likeness (QED) is 0.162. The lowest BCUT2D eigenvalue weighted by Crippen LogP contribution is -2.09. The molecule has 0 amide bonds. The second-order valence-electron chi connectivity index (χ2n) is 14.0. The van der Waals surface area contributed by atoms with Crippen LogP contribution >= 0.6 is 0 Å². The molecule has 0 radical (unpaired) electrons. The molecule has 4 nitrogen and oxygen atoms in total. The zero-order valence-corrected chi connectivity index (χ0v) is 29.8. The van der Waals surface area contributed by atoms with E-state index >= 15 is 0 Å². The van der Waals surface area contributed by atoms with E-state index in [1.165, 1.54) is 21.8 Å². The number of nitrogens with zero attached hydrogens (tertiary/aromatic N) is 3. The topological polar surface area (TPSA) is 34.2 Å². The van der Waals surface area contributed by atoms with Crippen molar-refractivity contribution < 1.29 is 4.42 Å². The van der Waals surface area contributed by atoms with Crippen LogP contribution in [0.2, 0.25) is 0 Å². The summed E-state index contributed by atoms with van der Waals surface area (Å²) in [7, 11) is 0. The highest BCUT2D eigenvalue weighted by Gasteiger charge is 2.18. The minimum Gasteiger partial charge on any atom is -0.435 e. The van der Waals surface area contributed by atoms with Gasteiger partial charge in [-0.05, 0) is 106 Å². The highest BCUT2D eigenvalue weighted by molar-refractivity contribution is 6.19. The molecule has 2 aromatic heterocycles. The van der Waals surface area contributed by atoms with E-state index in [0.29, 0.717) is 5.89 Å². The van der Waals surface area contributed by atoms with Crippen LogP contribution in [0.25, 0.3) is 82.7 Å². The molecule has 55 heavy (non-hydrogen) atoms. The number of aromatic nitrogens is 2. The van der Waals surface area contributed by atoms with Crippen molar-refractivity contribution in [3.63, 3.8) is 0 Å². The Morgan fingerprint density at radius 1 is 0.418 bits per heavy atom. The van der Waals surface area contributed by atoms with Crippen molar-refractivity contribution in [3.8, 4) is 28.3 Å². The largest absolute Gasteiger partial charge is 0.435 e. The minimum absolute atomic E-state index is 0.626. The fourth-order valence-corrected chi connectivity index (χ4v) is 8.21. The second-order valence-corrected chi connectivity index (χ2v) is 14.0. The Balaban J connectivity index is 1.08. The van der Waals surface area contributed by atoms with E-state index in [2.05, 4.69) is 179 Å². The van der Waals surface area contributed by atoms with Crippen LogP contribution < -0.4 is 4.90 Å². The summed E-state index contributed by atoms with van der Waals surface area (Å²) in [6, 6.07) is 71.1. The first-order valence-electron chi connectivity index (χ1n) is 18.6. The first-order valence-corrected chi connectivity index (χ1v) is 18.6. The molecule has 0 atom stereocenters. The number of hydrogen-bond acceptors (Lipinski definition) is 3. The Morgan fingerprint density at radius 3 is 1.91 bits per heavy atom. The third-order valence-corrected chi connectivity index (χ3v) is 10.8. The Morgan fingerprint density at radius 2 is 1.05 bits per heavy atom. The van der Waals surface area contributed by atoms with Gasteiger partial charge in [-0.25, -0.2) is 4.98 Å². The van der Waals surface area contributed by atoms with Gasteiger partial charge in [0.1, 0.15) is 5.52 Å². The van der Waals surface area contributed by atoms with Crippen LogP contribution in [0.1, 0.15) is 0 Å². The Kier molecular flexibility index (Phi) is 7.14. The first-order chi connectivity index (χ1) is 27.3. The van der Waals surface area contributed by atoms with Crippen LogP contribution in [0.3, 0.4) is 0 Å².